The third-order valence-corrected chi connectivity index (χ3v) is 6.21. The molecule has 6 nitrogen and oxygen atoms in total. The molecule has 4 aromatic rings. The van der Waals surface area contributed by atoms with Crippen molar-refractivity contribution in [2.75, 3.05) is 0 Å². The fourth-order valence-electron chi connectivity index (χ4n) is 4.05. The van der Waals surface area contributed by atoms with E-state index in [2.05, 4.69) is 4.98 Å². The lowest BCUT2D eigenvalue weighted by Crippen LogP contribution is -2.50. The highest BCUT2D eigenvalue weighted by atomic mass is 19.1. The number of carbonyl (C=O) groups is 1. The number of oxazole rings is 1. The molecule has 1 N–H and O–H groups in total. The van der Waals surface area contributed by atoms with Gasteiger partial charge in [0.2, 0.25) is 11.5 Å². The van der Waals surface area contributed by atoms with E-state index in [9.17, 15) is 14.3 Å². The van der Waals surface area contributed by atoms with E-state index >= 15 is 0 Å². The van der Waals surface area contributed by atoms with Crippen LogP contribution in [0.15, 0.2) is 77.2 Å². The molecule has 0 aliphatic heterocycles. The van der Waals surface area contributed by atoms with Crippen LogP contribution in [0, 0.1) is 12.7 Å². The summed E-state index contributed by atoms with van der Waals surface area (Å²) < 4.78 is 31.1. The molecular weight excluding hydrogens is 449 g/mol. The van der Waals surface area contributed by atoms with Crippen molar-refractivity contribution in [1.29, 1.82) is 0 Å². The number of aliphatic carboxylic acids is 1. The van der Waals surface area contributed by atoms with E-state index in [1.165, 1.54) is 12.1 Å². The Morgan fingerprint density at radius 3 is 2.31 bits per heavy atom. The first-order valence-electron chi connectivity index (χ1n) is 11.4. The minimum atomic E-state index is -1.12. The highest BCUT2D eigenvalue weighted by molar-refractivity contribution is 5.79. The number of hydrogen-bond donors (Lipinski definition) is 1. The van der Waals surface area contributed by atoms with Crippen molar-refractivity contribution in [2.24, 2.45) is 0 Å². The Labute approximate surface area is 202 Å². The Balaban J connectivity index is 1.30. The molecule has 1 aromatic heterocycles. The summed E-state index contributed by atoms with van der Waals surface area (Å²) in [5, 5.41) is 9.55. The number of halogens is 1. The topological polar surface area (TPSA) is 81.8 Å². The van der Waals surface area contributed by atoms with Crippen LogP contribution in [0.4, 0.5) is 4.39 Å². The normalized spacial score (nSPS) is 14.2. The van der Waals surface area contributed by atoms with Crippen LogP contribution in [0.1, 0.15) is 30.7 Å². The van der Waals surface area contributed by atoms with Crippen LogP contribution in [-0.2, 0) is 11.4 Å². The number of benzene rings is 3. The fourth-order valence-corrected chi connectivity index (χ4v) is 4.05. The van der Waals surface area contributed by atoms with Gasteiger partial charge in [-0.2, -0.15) is 0 Å². The summed E-state index contributed by atoms with van der Waals surface area (Å²) >= 11 is 0. The zero-order valence-corrected chi connectivity index (χ0v) is 19.2. The first-order chi connectivity index (χ1) is 16.9. The molecule has 0 atom stereocenters. The molecule has 0 saturated heterocycles. The second-order valence-corrected chi connectivity index (χ2v) is 8.63. The number of aryl methyl sites for hydroxylation is 1. The lowest BCUT2D eigenvalue weighted by Gasteiger charge is -2.37. The van der Waals surface area contributed by atoms with Crippen LogP contribution in [0.25, 0.3) is 22.6 Å². The number of rotatable bonds is 8. The standard InChI is InChI=1S/C28H24FNO5/c1-18-25(30-26(34-18)21-8-2-9-22(29)14-21)17-33-23-10-3-6-19(15-23)20-7-4-11-24(16-20)35-28(27(31)32)12-5-13-28/h2-4,6-11,14-16H,5,12-13,17H2,1H3,(H,31,32). The molecule has 1 heterocycles. The molecular formula is C28H24FNO5. The van der Waals surface area contributed by atoms with Crippen molar-refractivity contribution in [1.82, 2.24) is 4.98 Å². The van der Waals surface area contributed by atoms with Gasteiger partial charge in [0, 0.05) is 5.56 Å². The van der Waals surface area contributed by atoms with Crippen molar-refractivity contribution in [3.63, 3.8) is 0 Å². The second kappa shape index (κ2) is 9.25. The van der Waals surface area contributed by atoms with E-state index in [1.54, 1.807) is 25.1 Å². The summed E-state index contributed by atoms with van der Waals surface area (Å²) in [6.07, 6.45) is 1.87. The van der Waals surface area contributed by atoms with Crippen LogP contribution in [0.2, 0.25) is 0 Å². The average Bonchev–Trinajstić information content (AvgIpc) is 3.21. The molecule has 1 aliphatic carbocycles. The molecule has 3 aromatic carbocycles. The molecule has 7 heteroatoms. The predicted octanol–water partition coefficient (Wildman–Crippen LogP) is 6.42. The summed E-state index contributed by atoms with van der Waals surface area (Å²) in [4.78, 5) is 16.1. The number of aromatic nitrogens is 1. The molecule has 0 spiro atoms. The quantitative estimate of drug-likeness (QED) is 0.318. The number of hydrogen-bond acceptors (Lipinski definition) is 5. The minimum absolute atomic E-state index is 0.193. The van der Waals surface area contributed by atoms with Crippen molar-refractivity contribution in [3.8, 4) is 34.1 Å². The third-order valence-electron chi connectivity index (χ3n) is 6.21. The molecule has 178 valence electrons. The van der Waals surface area contributed by atoms with Gasteiger partial charge in [0.1, 0.15) is 35.4 Å². The van der Waals surface area contributed by atoms with Crippen LogP contribution < -0.4 is 9.47 Å². The van der Waals surface area contributed by atoms with E-state index < -0.39 is 11.6 Å². The molecule has 1 saturated carbocycles. The van der Waals surface area contributed by atoms with Crippen LogP contribution in [-0.4, -0.2) is 21.7 Å². The summed E-state index contributed by atoms with van der Waals surface area (Å²) in [7, 11) is 0. The SMILES string of the molecule is Cc1oc(-c2cccc(F)c2)nc1COc1cccc(-c2cccc(OC3(C(=O)O)CCC3)c2)c1. The Bertz CT molecular complexity index is 1380. The number of carboxylic acids is 1. The van der Waals surface area contributed by atoms with Crippen LogP contribution in [0.3, 0.4) is 0 Å². The molecule has 0 unspecified atom stereocenters. The molecule has 1 aliphatic rings. The molecule has 5 rings (SSSR count). The van der Waals surface area contributed by atoms with Crippen molar-refractivity contribution in [3.05, 3.63) is 90.1 Å². The summed E-state index contributed by atoms with van der Waals surface area (Å²) in [5.74, 6) is 0.843. The number of carboxylic acid groups (broad SMARTS) is 1. The second-order valence-electron chi connectivity index (χ2n) is 8.63. The molecule has 0 radical (unpaired) electrons. The minimum Gasteiger partial charge on any atom is -0.487 e. The van der Waals surface area contributed by atoms with Crippen molar-refractivity contribution < 1.29 is 28.2 Å². The van der Waals surface area contributed by atoms with Crippen molar-refractivity contribution in [2.45, 2.75) is 38.4 Å². The van der Waals surface area contributed by atoms with Gasteiger partial charge in [-0.3, -0.25) is 0 Å². The fraction of sp³-hybridized carbons (Fsp3) is 0.214. The van der Waals surface area contributed by atoms with Gasteiger partial charge in [-0.15, -0.1) is 0 Å². The summed E-state index contributed by atoms with van der Waals surface area (Å²) in [6.45, 7) is 1.99. The van der Waals surface area contributed by atoms with Crippen LogP contribution >= 0.6 is 0 Å². The van der Waals surface area contributed by atoms with E-state index in [-0.39, 0.29) is 12.4 Å². The zero-order chi connectivity index (χ0) is 24.4. The highest BCUT2D eigenvalue weighted by Gasteiger charge is 2.47. The van der Waals surface area contributed by atoms with E-state index in [1.807, 2.05) is 42.5 Å². The van der Waals surface area contributed by atoms with Gasteiger partial charge in [-0.05, 0) is 79.8 Å². The van der Waals surface area contributed by atoms with Gasteiger partial charge in [0.05, 0.1) is 0 Å². The Hall–Kier alpha value is -4.13. The van der Waals surface area contributed by atoms with E-state index in [0.29, 0.717) is 47.2 Å². The van der Waals surface area contributed by atoms with E-state index in [0.717, 1.165) is 17.5 Å². The maximum atomic E-state index is 13.5. The van der Waals surface area contributed by atoms with Gasteiger partial charge in [-0.1, -0.05) is 30.3 Å². The Morgan fingerprint density at radius 1 is 1.00 bits per heavy atom. The lowest BCUT2D eigenvalue weighted by molar-refractivity contribution is -0.163. The number of nitrogens with zero attached hydrogens (tertiary/aromatic N) is 1. The maximum absolute atomic E-state index is 13.5. The monoisotopic (exact) mass is 473 g/mol. The number of ether oxygens (including phenoxy) is 2. The lowest BCUT2D eigenvalue weighted by atomic mass is 9.80. The van der Waals surface area contributed by atoms with Crippen LogP contribution in [0.5, 0.6) is 11.5 Å². The van der Waals surface area contributed by atoms with Gasteiger partial charge in [0.25, 0.3) is 0 Å². The third kappa shape index (κ3) is 4.75. The van der Waals surface area contributed by atoms with Gasteiger partial charge in [0.15, 0.2) is 0 Å². The predicted molar refractivity (Wildman–Crippen MR) is 128 cm³/mol. The van der Waals surface area contributed by atoms with Gasteiger partial charge >= 0.3 is 5.97 Å². The zero-order valence-electron chi connectivity index (χ0n) is 19.2. The highest BCUT2D eigenvalue weighted by Crippen LogP contribution is 2.38. The average molecular weight is 474 g/mol. The molecule has 0 bridgehead atoms. The summed E-state index contributed by atoms with van der Waals surface area (Å²) in [6, 6.07) is 21.1. The first kappa shape index (κ1) is 22.7. The summed E-state index contributed by atoms with van der Waals surface area (Å²) in [5.41, 5.74) is 1.87. The first-order valence-corrected chi connectivity index (χ1v) is 11.4. The molecule has 1 fully saturated rings. The van der Waals surface area contributed by atoms with Crippen molar-refractivity contribution >= 4 is 5.97 Å². The van der Waals surface area contributed by atoms with E-state index in [4.69, 9.17) is 13.9 Å². The largest absolute Gasteiger partial charge is 0.487 e. The van der Waals surface area contributed by atoms with Gasteiger partial charge < -0.3 is 19.0 Å². The smallest absolute Gasteiger partial charge is 0.348 e. The molecule has 35 heavy (non-hydrogen) atoms. The molecule has 0 amide bonds. The maximum Gasteiger partial charge on any atom is 0.348 e. The Morgan fingerprint density at radius 2 is 1.66 bits per heavy atom. The van der Waals surface area contributed by atoms with Gasteiger partial charge in [-0.25, -0.2) is 14.2 Å². The Kier molecular flexibility index (Phi) is 5.99.